The van der Waals surface area contributed by atoms with Gasteiger partial charge in [-0.25, -0.2) is 0 Å². The fourth-order valence-electron chi connectivity index (χ4n) is 4.01. The molecule has 4 rings (SSSR count). The second-order valence-corrected chi connectivity index (χ2v) is 7.52. The van der Waals surface area contributed by atoms with E-state index in [1.165, 1.54) is 50.3 Å². The van der Waals surface area contributed by atoms with Crippen LogP contribution in [0.25, 0.3) is 0 Å². The molecule has 2 saturated heterocycles. The van der Waals surface area contributed by atoms with Crippen molar-refractivity contribution in [1.29, 1.82) is 0 Å². The van der Waals surface area contributed by atoms with E-state index < -0.39 is 0 Å². The molecule has 0 saturated carbocycles. The predicted octanol–water partition coefficient (Wildman–Crippen LogP) is 2.39. The van der Waals surface area contributed by atoms with E-state index in [4.69, 9.17) is 0 Å². The maximum Gasteiger partial charge on any atom is 0.0263 e. The number of hydrogen-bond donors (Lipinski definition) is 1. The largest absolute Gasteiger partial charge is 0.315 e. The van der Waals surface area contributed by atoms with Crippen molar-refractivity contribution in [2.75, 3.05) is 26.2 Å². The smallest absolute Gasteiger partial charge is 0.0263 e. The lowest BCUT2D eigenvalue weighted by atomic mass is 9.92. The maximum atomic E-state index is 3.59. The van der Waals surface area contributed by atoms with Gasteiger partial charge in [0.2, 0.25) is 0 Å². The molecule has 3 atom stereocenters. The second-order valence-electron chi connectivity index (χ2n) is 6.17. The van der Waals surface area contributed by atoms with E-state index in [1.807, 2.05) is 0 Å². The molecular formula is C16H22N2S. The highest BCUT2D eigenvalue weighted by atomic mass is 32.2. The average Bonchev–Trinajstić information content (AvgIpc) is 3.04. The normalized spacial score (nSPS) is 34.2. The number of thioether (sulfide) groups is 1. The molecule has 0 amide bonds. The van der Waals surface area contributed by atoms with Crippen molar-refractivity contribution in [3.63, 3.8) is 0 Å². The van der Waals surface area contributed by atoms with E-state index in [9.17, 15) is 0 Å². The van der Waals surface area contributed by atoms with Gasteiger partial charge in [0, 0.05) is 29.3 Å². The third kappa shape index (κ3) is 2.32. The van der Waals surface area contributed by atoms with Gasteiger partial charge < -0.3 is 5.32 Å². The molecule has 102 valence electrons. The first-order chi connectivity index (χ1) is 9.40. The van der Waals surface area contributed by atoms with Gasteiger partial charge >= 0.3 is 0 Å². The summed E-state index contributed by atoms with van der Waals surface area (Å²) in [5, 5.41) is 4.36. The van der Waals surface area contributed by atoms with E-state index in [-0.39, 0.29) is 0 Å². The fraction of sp³-hybridized carbons (Fsp3) is 0.625. The summed E-state index contributed by atoms with van der Waals surface area (Å²) in [5.74, 6) is 0.919. The van der Waals surface area contributed by atoms with E-state index in [0.717, 1.165) is 17.2 Å². The van der Waals surface area contributed by atoms with Gasteiger partial charge in [-0.1, -0.05) is 18.2 Å². The Morgan fingerprint density at radius 3 is 3.16 bits per heavy atom. The lowest BCUT2D eigenvalue weighted by molar-refractivity contribution is 0.126. The summed E-state index contributed by atoms with van der Waals surface area (Å²) in [7, 11) is 0. The van der Waals surface area contributed by atoms with Crippen LogP contribution in [0, 0.1) is 5.92 Å². The summed E-state index contributed by atoms with van der Waals surface area (Å²) < 4.78 is 0. The summed E-state index contributed by atoms with van der Waals surface area (Å²) in [6.45, 7) is 5.06. The van der Waals surface area contributed by atoms with E-state index in [0.29, 0.717) is 0 Å². The van der Waals surface area contributed by atoms with Gasteiger partial charge in [0.25, 0.3) is 0 Å². The molecule has 0 aromatic heterocycles. The Hall–Kier alpha value is -0.510. The van der Waals surface area contributed by atoms with Crippen LogP contribution < -0.4 is 5.32 Å². The molecule has 2 fully saturated rings. The number of hydrogen-bond acceptors (Lipinski definition) is 3. The van der Waals surface area contributed by atoms with E-state index in [2.05, 4.69) is 46.2 Å². The maximum absolute atomic E-state index is 3.59. The molecule has 0 radical (unpaired) electrons. The molecule has 1 aromatic carbocycles. The number of benzene rings is 1. The van der Waals surface area contributed by atoms with Crippen LogP contribution in [0.1, 0.15) is 18.4 Å². The summed E-state index contributed by atoms with van der Waals surface area (Å²) >= 11 is 2.10. The Kier molecular flexibility index (Phi) is 3.30. The molecule has 3 heterocycles. The number of piperidine rings is 1. The lowest BCUT2D eigenvalue weighted by Crippen LogP contribution is -2.47. The SMILES string of the molecule is c1ccc2c(c1)CC(CN1CCCC3CNCC31)S2. The molecule has 0 spiro atoms. The molecule has 19 heavy (non-hydrogen) atoms. The molecule has 3 aliphatic rings. The molecule has 3 heteroatoms. The number of nitrogens with zero attached hydrogens (tertiary/aromatic N) is 1. The minimum absolute atomic E-state index is 0.775. The number of likely N-dealkylation sites (tertiary alicyclic amines) is 1. The zero-order valence-corrected chi connectivity index (χ0v) is 12.2. The number of nitrogens with one attached hydrogen (secondary N) is 1. The zero-order valence-electron chi connectivity index (χ0n) is 11.3. The Morgan fingerprint density at radius 2 is 2.21 bits per heavy atom. The van der Waals surface area contributed by atoms with Crippen molar-refractivity contribution in [2.24, 2.45) is 5.92 Å². The van der Waals surface area contributed by atoms with Crippen molar-refractivity contribution in [2.45, 2.75) is 35.4 Å². The van der Waals surface area contributed by atoms with Gasteiger partial charge in [-0.2, -0.15) is 0 Å². The molecular weight excluding hydrogens is 252 g/mol. The van der Waals surface area contributed by atoms with Gasteiger partial charge in [0.15, 0.2) is 0 Å². The van der Waals surface area contributed by atoms with Crippen LogP contribution in [-0.2, 0) is 6.42 Å². The Labute approximate surface area is 119 Å². The number of rotatable bonds is 2. The minimum Gasteiger partial charge on any atom is -0.315 e. The molecule has 1 N–H and O–H groups in total. The zero-order chi connectivity index (χ0) is 12.7. The molecule has 2 nitrogen and oxygen atoms in total. The van der Waals surface area contributed by atoms with Crippen LogP contribution >= 0.6 is 11.8 Å². The van der Waals surface area contributed by atoms with Gasteiger partial charge in [0.1, 0.15) is 0 Å². The second kappa shape index (κ2) is 5.12. The Bertz CT molecular complexity index is 437. The van der Waals surface area contributed by atoms with Crippen molar-refractivity contribution in [3.05, 3.63) is 29.8 Å². The first-order valence-corrected chi connectivity index (χ1v) is 8.47. The predicted molar refractivity (Wildman–Crippen MR) is 80.7 cm³/mol. The quantitative estimate of drug-likeness (QED) is 0.891. The summed E-state index contributed by atoms with van der Waals surface area (Å²) in [5.41, 5.74) is 1.57. The van der Waals surface area contributed by atoms with Gasteiger partial charge in [0.05, 0.1) is 0 Å². The van der Waals surface area contributed by atoms with Crippen molar-refractivity contribution in [3.8, 4) is 0 Å². The first-order valence-electron chi connectivity index (χ1n) is 7.59. The highest BCUT2D eigenvalue weighted by molar-refractivity contribution is 8.00. The Balaban J connectivity index is 1.43. The first kappa shape index (κ1) is 12.2. The summed E-state index contributed by atoms with van der Waals surface area (Å²) in [6, 6.07) is 9.76. The molecule has 0 aliphatic carbocycles. The fourth-order valence-corrected chi connectivity index (χ4v) is 5.36. The molecule has 0 bridgehead atoms. The third-order valence-corrected chi connectivity index (χ3v) is 6.25. The molecule has 1 aromatic rings. The Morgan fingerprint density at radius 1 is 1.26 bits per heavy atom. The number of fused-ring (bicyclic) bond motifs is 2. The molecule has 3 unspecified atom stereocenters. The lowest BCUT2D eigenvalue weighted by Gasteiger charge is -2.38. The van der Waals surface area contributed by atoms with Crippen LogP contribution in [0.4, 0.5) is 0 Å². The highest BCUT2D eigenvalue weighted by Crippen LogP contribution is 2.38. The monoisotopic (exact) mass is 274 g/mol. The van der Waals surface area contributed by atoms with Crippen LogP contribution in [0.3, 0.4) is 0 Å². The minimum atomic E-state index is 0.775. The van der Waals surface area contributed by atoms with Crippen LogP contribution in [0.5, 0.6) is 0 Å². The van der Waals surface area contributed by atoms with Crippen LogP contribution in [0.2, 0.25) is 0 Å². The molecule has 3 aliphatic heterocycles. The highest BCUT2D eigenvalue weighted by Gasteiger charge is 2.36. The van der Waals surface area contributed by atoms with Gasteiger partial charge in [-0.3, -0.25) is 4.90 Å². The van der Waals surface area contributed by atoms with E-state index >= 15 is 0 Å². The summed E-state index contributed by atoms with van der Waals surface area (Å²) in [4.78, 5) is 4.29. The van der Waals surface area contributed by atoms with Crippen molar-refractivity contribution < 1.29 is 0 Å². The van der Waals surface area contributed by atoms with E-state index in [1.54, 1.807) is 5.56 Å². The average molecular weight is 274 g/mol. The van der Waals surface area contributed by atoms with Gasteiger partial charge in [-0.15, -0.1) is 11.8 Å². The standard InChI is InChI=1S/C16H22N2S/c1-2-6-16-12(4-1)8-14(19-16)11-18-7-3-5-13-9-17-10-15(13)18/h1-2,4,6,13-15,17H,3,5,7-11H2. The van der Waals surface area contributed by atoms with Crippen LogP contribution in [-0.4, -0.2) is 42.4 Å². The van der Waals surface area contributed by atoms with Crippen LogP contribution in [0.15, 0.2) is 29.2 Å². The summed E-state index contributed by atoms with van der Waals surface area (Å²) in [6.07, 6.45) is 4.10. The third-order valence-electron chi connectivity index (χ3n) is 4.95. The van der Waals surface area contributed by atoms with Crippen molar-refractivity contribution in [1.82, 2.24) is 10.2 Å². The topological polar surface area (TPSA) is 15.3 Å². The van der Waals surface area contributed by atoms with Gasteiger partial charge in [-0.05, 0) is 49.9 Å². The van der Waals surface area contributed by atoms with Crippen molar-refractivity contribution >= 4 is 11.8 Å².